The van der Waals surface area contributed by atoms with Crippen molar-refractivity contribution in [3.63, 3.8) is 0 Å². The van der Waals surface area contributed by atoms with E-state index in [0.717, 1.165) is 37.1 Å². The highest BCUT2D eigenvalue weighted by atomic mass is 16.5. The number of nitrogens with zero attached hydrogens (tertiary/aromatic N) is 1. The van der Waals surface area contributed by atoms with E-state index in [9.17, 15) is 0 Å². The summed E-state index contributed by atoms with van der Waals surface area (Å²) in [5.74, 6) is 0.759. The third-order valence-electron chi connectivity index (χ3n) is 4.07. The molecule has 1 aliphatic heterocycles. The minimum absolute atomic E-state index is 0.371. The molecule has 1 atom stereocenters. The van der Waals surface area contributed by atoms with E-state index in [4.69, 9.17) is 4.74 Å². The van der Waals surface area contributed by atoms with Gasteiger partial charge in [-0.1, -0.05) is 0 Å². The molecule has 1 aromatic rings. The third kappa shape index (κ3) is 3.77. The highest BCUT2D eigenvalue weighted by Crippen LogP contribution is 2.22. The fourth-order valence-electron chi connectivity index (χ4n) is 3.08. The molecule has 1 aromatic heterocycles. The van der Waals surface area contributed by atoms with Crippen LogP contribution in [-0.2, 0) is 4.74 Å². The molecule has 1 fully saturated rings. The Kier molecular flexibility index (Phi) is 4.94. The van der Waals surface area contributed by atoms with Crippen molar-refractivity contribution >= 4 is 0 Å². The van der Waals surface area contributed by atoms with Crippen LogP contribution >= 0.6 is 0 Å². The van der Waals surface area contributed by atoms with Crippen molar-refractivity contribution in [2.24, 2.45) is 5.92 Å². The summed E-state index contributed by atoms with van der Waals surface area (Å²) in [6, 6.07) is 2.55. The molecule has 106 valence electrons. The van der Waals surface area contributed by atoms with E-state index in [1.807, 2.05) is 0 Å². The van der Waals surface area contributed by atoms with Gasteiger partial charge in [-0.2, -0.15) is 0 Å². The Morgan fingerprint density at radius 2 is 2.00 bits per heavy atom. The molecule has 1 unspecified atom stereocenters. The van der Waals surface area contributed by atoms with Gasteiger partial charge in [-0.15, -0.1) is 0 Å². The number of aryl methyl sites for hydroxylation is 3. The Morgan fingerprint density at radius 1 is 1.32 bits per heavy atom. The predicted molar refractivity (Wildman–Crippen MR) is 78.4 cm³/mol. The maximum Gasteiger partial charge on any atom is 0.0469 e. The second kappa shape index (κ2) is 6.49. The van der Waals surface area contributed by atoms with E-state index in [-0.39, 0.29) is 0 Å². The zero-order valence-electron chi connectivity index (χ0n) is 12.6. The SMILES string of the molecule is Cc1cc(C)c(C(C)NCC2CCOCC2)c(C)n1. The molecule has 0 aliphatic carbocycles. The highest BCUT2D eigenvalue weighted by Gasteiger charge is 2.17. The number of nitrogens with one attached hydrogen (secondary N) is 1. The molecule has 0 spiro atoms. The Bertz CT molecular complexity index is 402. The third-order valence-corrected chi connectivity index (χ3v) is 4.07. The normalized spacial score (nSPS) is 18.5. The monoisotopic (exact) mass is 262 g/mol. The minimum Gasteiger partial charge on any atom is -0.381 e. The minimum atomic E-state index is 0.371. The molecule has 0 bridgehead atoms. The summed E-state index contributed by atoms with van der Waals surface area (Å²) >= 11 is 0. The zero-order valence-corrected chi connectivity index (χ0v) is 12.6. The predicted octanol–water partition coefficient (Wildman–Crippen LogP) is 3.08. The van der Waals surface area contributed by atoms with Crippen molar-refractivity contribution in [3.8, 4) is 0 Å². The molecular weight excluding hydrogens is 236 g/mol. The highest BCUT2D eigenvalue weighted by molar-refractivity contribution is 5.33. The molecule has 0 saturated carbocycles. The molecular formula is C16H26N2O. The number of ether oxygens (including phenoxy) is 1. The maximum atomic E-state index is 5.40. The molecule has 0 amide bonds. The summed E-state index contributed by atoms with van der Waals surface area (Å²) in [7, 11) is 0. The first kappa shape index (κ1) is 14.5. The van der Waals surface area contributed by atoms with Crippen molar-refractivity contribution in [1.29, 1.82) is 0 Å². The average molecular weight is 262 g/mol. The van der Waals surface area contributed by atoms with Gasteiger partial charge in [0.25, 0.3) is 0 Å². The number of hydrogen-bond donors (Lipinski definition) is 1. The van der Waals surface area contributed by atoms with Crippen LogP contribution in [-0.4, -0.2) is 24.7 Å². The quantitative estimate of drug-likeness (QED) is 0.905. The summed E-state index contributed by atoms with van der Waals surface area (Å²) < 4.78 is 5.40. The summed E-state index contributed by atoms with van der Waals surface area (Å²) in [4.78, 5) is 4.59. The second-order valence-corrected chi connectivity index (χ2v) is 5.77. The summed E-state index contributed by atoms with van der Waals surface area (Å²) in [6.45, 7) is 11.5. The van der Waals surface area contributed by atoms with Crippen LogP contribution in [0.25, 0.3) is 0 Å². The van der Waals surface area contributed by atoms with Crippen LogP contribution in [0.4, 0.5) is 0 Å². The van der Waals surface area contributed by atoms with Gasteiger partial charge in [-0.3, -0.25) is 4.98 Å². The van der Waals surface area contributed by atoms with E-state index < -0.39 is 0 Å². The largest absolute Gasteiger partial charge is 0.381 e. The van der Waals surface area contributed by atoms with Crippen molar-refractivity contribution in [1.82, 2.24) is 10.3 Å². The molecule has 1 N–H and O–H groups in total. The van der Waals surface area contributed by atoms with Gasteiger partial charge >= 0.3 is 0 Å². The molecule has 3 heteroatoms. The van der Waals surface area contributed by atoms with Gasteiger partial charge in [0.15, 0.2) is 0 Å². The Balaban J connectivity index is 1.97. The molecule has 19 heavy (non-hydrogen) atoms. The summed E-state index contributed by atoms with van der Waals surface area (Å²) in [5, 5.41) is 3.67. The van der Waals surface area contributed by atoms with E-state index in [1.165, 1.54) is 24.0 Å². The van der Waals surface area contributed by atoms with Crippen LogP contribution in [0.2, 0.25) is 0 Å². The number of aromatic nitrogens is 1. The van der Waals surface area contributed by atoms with Gasteiger partial charge in [0.05, 0.1) is 0 Å². The lowest BCUT2D eigenvalue weighted by atomic mass is 9.97. The zero-order chi connectivity index (χ0) is 13.8. The second-order valence-electron chi connectivity index (χ2n) is 5.77. The molecule has 3 nitrogen and oxygen atoms in total. The first-order valence-corrected chi connectivity index (χ1v) is 7.33. The van der Waals surface area contributed by atoms with E-state index >= 15 is 0 Å². The van der Waals surface area contributed by atoms with Gasteiger partial charge in [0.1, 0.15) is 0 Å². The Morgan fingerprint density at radius 3 is 2.63 bits per heavy atom. The Labute approximate surface area is 116 Å². The van der Waals surface area contributed by atoms with Crippen molar-refractivity contribution in [2.75, 3.05) is 19.8 Å². The van der Waals surface area contributed by atoms with Crippen molar-refractivity contribution in [2.45, 2.75) is 46.6 Å². The van der Waals surface area contributed by atoms with Crippen LogP contribution < -0.4 is 5.32 Å². The molecule has 1 aliphatic rings. The first-order valence-electron chi connectivity index (χ1n) is 7.33. The lowest BCUT2D eigenvalue weighted by Gasteiger charge is -2.25. The Hall–Kier alpha value is -0.930. The molecule has 2 rings (SSSR count). The molecule has 2 heterocycles. The van der Waals surface area contributed by atoms with Crippen molar-refractivity contribution in [3.05, 3.63) is 28.6 Å². The van der Waals surface area contributed by atoms with Gasteiger partial charge in [0, 0.05) is 30.6 Å². The molecule has 0 radical (unpaired) electrons. The average Bonchev–Trinajstić information content (AvgIpc) is 2.36. The van der Waals surface area contributed by atoms with Crippen LogP contribution in [0.5, 0.6) is 0 Å². The summed E-state index contributed by atoms with van der Waals surface area (Å²) in [5.41, 5.74) is 4.97. The lowest BCUT2D eigenvalue weighted by Crippen LogP contribution is -2.30. The van der Waals surface area contributed by atoms with Crippen molar-refractivity contribution < 1.29 is 4.74 Å². The first-order chi connectivity index (χ1) is 9.08. The van der Waals surface area contributed by atoms with Gasteiger partial charge in [-0.05, 0) is 70.2 Å². The van der Waals surface area contributed by atoms with Gasteiger partial charge in [-0.25, -0.2) is 0 Å². The van der Waals surface area contributed by atoms with Crippen LogP contribution in [0.15, 0.2) is 6.07 Å². The van der Waals surface area contributed by atoms with Gasteiger partial charge in [0.2, 0.25) is 0 Å². The molecule has 0 aromatic carbocycles. The summed E-state index contributed by atoms with van der Waals surface area (Å²) in [6.07, 6.45) is 2.37. The topological polar surface area (TPSA) is 34.1 Å². The van der Waals surface area contributed by atoms with E-state index in [1.54, 1.807) is 0 Å². The fourth-order valence-corrected chi connectivity index (χ4v) is 3.08. The number of hydrogen-bond acceptors (Lipinski definition) is 3. The maximum absolute atomic E-state index is 5.40. The lowest BCUT2D eigenvalue weighted by molar-refractivity contribution is 0.0656. The smallest absolute Gasteiger partial charge is 0.0469 e. The van der Waals surface area contributed by atoms with E-state index in [2.05, 4.69) is 44.1 Å². The standard InChI is InChI=1S/C16H26N2O/c1-11-9-12(2)18-14(4)16(11)13(3)17-10-15-5-7-19-8-6-15/h9,13,15,17H,5-8,10H2,1-4H3. The number of rotatable bonds is 4. The molecule has 1 saturated heterocycles. The van der Waals surface area contributed by atoms with Crippen LogP contribution in [0.3, 0.4) is 0 Å². The fraction of sp³-hybridized carbons (Fsp3) is 0.688. The van der Waals surface area contributed by atoms with Crippen LogP contribution in [0, 0.1) is 26.7 Å². The van der Waals surface area contributed by atoms with E-state index in [0.29, 0.717) is 6.04 Å². The van der Waals surface area contributed by atoms with Crippen LogP contribution in [0.1, 0.15) is 48.3 Å². The number of pyridine rings is 1. The van der Waals surface area contributed by atoms with Gasteiger partial charge < -0.3 is 10.1 Å².